The second kappa shape index (κ2) is 5.70. The first-order valence-electron chi connectivity index (χ1n) is 6.23. The molecule has 94 valence electrons. The molecule has 1 fully saturated rings. The third-order valence-corrected chi connectivity index (χ3v) is 3.29. The van der Waals surface area contributed by atoms with Crippen molar-refractivity contribution in [1.82, 2.24) is 20.4 Å². The van der Waals surface area contributed by atoms with Crippen LogP contribution in [-0.2, 0) is 6.54 Å². The molecule has 0 aliphatic carbocycles. The molecule has 0 unspecified atom stereocenters. The van der Waals surface area contributed by atoms with Crippen molar-refractivity contribution in [2.24, 2.45) is 10.9 Å². The maximum Gasteiger partial charge on any atom is 0.193 e. The van der Waals surface area contributed by atoms with Crippen molar-refractivity contribution in [2.75, 3.05) is 20.1 Å². The maximum atomic E-state index is 4.33. The van der Waals surface area contributed by atoms with Crippen LogP contribution in [0.3, 0.4) is 0 Å². The summed E-state index contributed by atoms with van der Waals surface area (Å²) in [4.78, 5) is 6.66. The van der Waals surface area contributed by atoms with E-state index in [4.69, 9.17) is 0 Å². The molecule has 2 N–H and O–H groups in total. The van der Waals surface area contributed by atoms with E-state index in [-0.39, 0.29) is 0 Å². The predicted molar refractivity (Wildman–Crippen MR) is 68.8 cm³/mol. The molecule has 0 atom stereocenters. The minimum absolute atomic E-state index is 0.749. The van der Waals surface area contributed by atoms with E-state index >= 15 is 0 Å². The number of aromatic amines is 1. The summed E-state index contributed by atoms with van der Waals surface area (Å²) in [5.41, 5.74) is 1.08. The topological polar surface area (TPSA) is 56.3 Å². The number of guanidine groups is 1. The van der Waals surface area contributed by atoms with Gasteiger partial charge in [-0.1, -0.05) is 6.92 Å². The van der Waals surface area contributed by atoms with Gasteiger partial charge in [-0.05, 0) is 24.8 Å². The first kappa shape index (κ1) is 12.0. The number of aliphatic imine (C=N–C) groups is 1. The van der Waals surface area contributed by atoms with Crippen molar-refractivity contribution in [1.29, 1.82) is 0 Å². The summed E-state index contributed by atoms with van der Waals surface area (Å²) in [6.45, 7) is 5.27. The molecule has 1 aliphatic rings. The number of likely N-dealkylation sites (tertiary alicyclic amines) is 1. The smallest absolute Gasteiger partial charge is 0.193 e. The van der Waals surface area contributed by atoms with Gasteiger partial charge in [0.05, 0.1) is 12.2 Å². The Morgan fingerprint density at radius 2 is 2.35 bits per heavy atom. The van der Waals surface area contributed by atoms with Crippen LogP contribution in [0.25, 0.3) is 0 Å². The Labute approximate surface area is 102 Å². The molecule has 1 saturated heterocycles. The van der Waals surface area contributed by atoms with Gasteiger partial charge in [-0.3, -0.25) is 10.1 Å². The van der Waals surface area contributed by atoms with Crippen LogP contribution >= 0.6 is 0 Å². The Morgan fingerprint density at radius 3 is 2.94 bits per heavy atom. The second-order valence-corrected chi connectivity index (χ2v) is 4.65. The van der Waals surface area contributed by atoms with Gasteiger partial charge >= 0.3 is 0 Å². The summed E-state index contributed by atoms with van der Waals surface area (Å²) in [7, 11) is 1.84. The average Bonchev–Trinajstić information content (AvgIpc) is 2.85. The Bertz CT molecular complexity index is 349. The Hall–Kier alpha value is -1.52. The van der Waals surface area contributed by atoms with Crippen molar-refractivity contribution < 1.29 is 0 Å². The van der Waals surface area contributed by atoms with Crippen molar-refractivity contribution in [3.63, 3.8) is 0 Å². The van der Waals surface area contributed by atoms with Gasteiger partial charge in [0.1, 0.15) is 0 Å². The number of hydrogen-bond donors (Lipinski definition) is 2. The third-order valence-electron chi connectivity index (χ3n) is 3.29. The molecule has 2 heterocycles. The lowest BCUT2D eigenvalue weighted by Gasteiger charge is -2.32. The third kappa shape index (κ3) is 3.22. The molecule has 2 rings (SSSR count). The van der Waals surface area contributed by atoms with Gasteiger partial charge in [0.25, 0.3) is 0 Å². The van der Waals surface area contributed by atoms with E-state index in [0.717, 1.165) is 37.2 Å². The Morgan fingerprint density at radius 1 is 1.59 bits per heavy atom. The first-order valence-corrected chi connectivity index (χ1v) is 6.23. The summed E-state index contributed by atoms with van der Waals surface area (Å²) in [5.74, 6) is 1.84. The minimum atomic E-state index is 0.749. The van der Waals surface area contributed by atoms with Crippen LogP contribution < -0.4 is 5.32 Å². The second-order valence-electron chi connectivity index (χ2n) is 4.65. The largest absolute Gasteiger partial charge is 0.351 e. The van der Waals surface area contributed by atoms with Gasteiger partial charge in [-0.15, -0.1) is 0 Å². The van der Waals surface area contributed by atoms with Crippen molar-refractivity contribution in [3.05, 3.63) is 18.0 Å². The lowest BCUT2D eigenvalue weighted by Crippen LogP contribution is -2.45. The van der Waals surface area contributed by atoms with E-state index < -0.39 is 0 Å². The summed E-state index contributed by atoms with van der Waals surface area (Å²) < 4.78 is 0. The van der Waals surface area contributed by atoms with Gasteiger partial charge in [0, 0.05) is 26.3 Å². The van der Waals surface area contributed by atoms with E-state index in [1.54, 1.807) is 6.20 Å². The van der Waals surface area contributed by atoms with Gasteiger partial charge in [-0.2, -0.15) is 5.10 Å². The average molecular weight is 235 g/mol. The quantitative estimate of drug-likeness (QED) is 0.598. The van der Waals surface area contributed by atoms with E-state index in [9.17, 15) is 0 Å². The van der Waals surface area contributed by atoms with Crippen molar-refractivity contribution in [2.45, 2.75) is 26.3 Å². The number of rotatable bonds is 2. The molecule has 0 radical (unpaired) electrons. The van der Waals surface area contributed by atoms with Crippen LogP contribution in [0.15, 0.2) is 17.3 Å². The molecule has 1 aromatic rings. The van der Waals surface area contributed by atoms with Crippen LogP contribution in [0.1, 0.15) is 25.5 Å². The molecule has 5 nitrogen and oxygen atoms in total. The molecule has 0 spiro atoms. The highest BCUT2D eigenvalue weighted by molar-refractivity contribution is 5.79. The van der Waals surface area contributed by atoms with E-state index in [0.29, 0.717) is 0 Å². The highest BCUT2D eigenvalue weighted by Crippen LogP contribution is 2.15. The number of nitrogens with one attached hydrogen (secondary N) is 2. The SMILES string of the molecule is CN=C(NCc1ccn[nH]1)N1CCC(C)CC1. The number of hydrogen-bond acceptors (Lipinski definition) is 2. The molecule has 1 aromatic heterocycles. The Balaban J connectivity index is 1.85. The van der Waals surface area contributed by atoms with Crippen LogP contribution in [0.2, 0.25) is 0 Å². The van der Waals surface area contributed by atoms with E-state index in [2.05, 4.69) is 32.3 Å². The zero-order chi connectivity index (χ0) is 12.1. The fourth-order valence-electron chi connectivity index (χ4n) is 2.11. The Kier molecular flexibility index (Phi) is 4.01. The summed E-state index contributed by atoms with van der Waals surface area (Å²) >= 11 is 0. The van der Waals surface area contributed by atoms with Gasteiger partial charge in [0.2, 0.25) is 0 Å². The van der Waals surface area contributed by atoms with Gasteiger partial charge in [-0.25, -0.2) is 0 Å². The summed E-state index contributed by atoms with van der Waals surface area (Å²) in [5, 5.41) is 10.2. The highest BCUT2D eigenvalue weighted by Gasteiger charge is 2.18. The zero-order valence-electron chi connectivity index (χ0n) is 10.6. The fourth-order valence-corrected chi connectivity index (χ4v) is 2.11. The highest BCUT2D eigenvalue weighted by atomic mass is 15.3. The van der Waals surface area contributed by atoms with Crippen molar-refractivity contribution >= 4 is 5.96 Å². The van der Waals surface area contributed by atoms with Gasteiger partial charge in [0.15, 0.2) is 5.96 Å². The molecule has 5 heteroatoms. The normalized spacial score (nSPS) is 18.5. The molecule has 1 aliphatic heterocycles. The van der Waals surface area contributed by atoms with E-state index in [1.807, 2.05) is 13.1 Å². The number of nitrogens with zero attached hydrogens (tertiary/aromatic N) is 3. The summed E-state index contributed by atoms with van der Waals surface area (Å²) in [6, 6.07) is 1.97. The number of H-pyrrole nitrogens is 1. The number of aromatic nitrogens is 2. The molecule has 17 heavy (non-hydrogen) atoms. The van der Waals surface area contributed by atoms with E-state index in [1.165, 1.54) is 12.8 Å². The molecular weight excluding hydrogens is 214 g/mol. The molecule has 0 saturated carbocycles. The fraction of sp³-hybridized carbons (Fsp3) is 0.667. The van der Waals surface area contributed by atoms with Crippen LogP contribution in [-0.4, -0.2) is 41.2 Å². The molecular formula is C12H21N5. The molecule has 0 amide bonds. The van der Waals surface area contributed by atoms with Crippen molar-refractivity contribution in [3.8, 4) is 0 Å². The minimum Gasteiger partial charge on any atom is -0.351 e. The molecule has 0 bridgehead atoms. The lowest BCUT2D eigenvalue weighted by atomic mass is 10.00. The number of piperidine rings is 1. The van der Waals surface area contributed by atoms with Crippen LogP contribution in [0.5, 0.6) is 0 Å². The molecule has 0 aromatic carbocycles. The lowest BCUT2D eigenvalue weighted by molar-refractivity contribution is 0.273. The van der Waals surface area contributed by atoms with Crippen LogP contribution in [0.4, 0.5) is 0 Å². The summed E-state index contributed by atoms with van der Waals surface area (Å²) in [6.07, 6.45) is 4.28. The predicted octanol–water partition coefficient (Wildman–Crippen LogP) is 1.22. The van der Waals surface area contributed by atoms with Gasteiger partial charge < -0.3 is 10.2 Å². The monoisotopic (exact) mass is 235 g/mol. The standard InChI is InChI=1S/C12H21N5/c1-10-4-7-17(8-5-10)12(13-2)14-9-11-3-6-15-16-11/h3,6,10H,4-5,7-9H2,1-2H3,(H,13,14)(H,15,16). The first-order chi connectivity index (χ1) is 8.29. The zero-order valence-corrected chi connectivity index (χ0v) is 10.6. The van der Waals surface area contributed by atoms with Crippen LogP contribution in [0, 0.1) is 5.92 Å². The maximum absolute atomic E-state index is 4.33.